The number of nitriles is 1. The highest BCUT2D eigenvalue weighted by Gasteiger charge is 2.44. The van der Waals surface area contributed by atoms with E-state index in [4.69, 9.17) is 38.9 Å². The van der Waals surface area contributed by atoms with Crippen molar-refractivity contribution in [1.29, 1.82) is 5.26 Å². The number of hydrogen-bond donors (Lipinski definition) is 6. The number of benzene rings is 4. The number of nitrogens with zero attached hydrogens (tertiary/aromatic N) is 9. The number of ether oxygens (including phenoxy) is 4. The Morgan fingerprint density at radius 2 is 0.708 bits per heavy atom. The van der Waals surface area contributed by atoms with Crippen LogP contribution in [0.1, 0.15) is 334 Å². The molecule has 10 heterocycles. The quantitative estimate of drug-likeness (QED) is 0.0194. The third-order valence-corrected chi connectivity index (χ3v) is 30.2. The minimum absolute atomic E-state index is 0.0101. The summed E-state index contributed by atoms with van der Waals surface area (Å²) < 4.78 is 39.3. The normalized spacial score (nSPS) is 21.1. The maximum atomic E-state index is 14.8. The number of hydrogen-bond acceptors (Lipinski definition) is 19. The average molecular weight is 1870 g/mol. The zero-order valence-electron chi connectivity index (χ0n) is 80.4. The van der Waals surface area contributed by atoms with Crippen LogP contribution in [-0.4, -0.2) is 200 Å². The lowest BCUT2D eigenvalue weighted by Crippen LogP contribution is -2.34. The Morgan fingerprint density at radius 3 is 1.12 bits per heavy atom. The second-order valence-corrected chi connectivity index (χ2v) is 40.5. The van der Waals surface area contributed by atoms with E-state index in [1.807, 2.05) is 70.5 Å². The lowest BCUT2D eigenvalue weighted by molar-refractivity contribution is -0.144. The Morgan fingerprint density at radius 1 is 0.365 bits per heavy atom. The van der Waals surface area contributed by atoms with E-state index in [-0.39, 0.29) is 24.4 Å². The molecule has 24 heteroatoms. The van der Waals surface area contributed by atoms with Crippen molar-refractivity contribution >= 4 is 35.5 Å². The largest absolute Gasteiger partial charge is 0.480 e. The number of fused-ring (bicyclic) bond motifs is 4. The molecular weight excluding hydrogens is 1720 g/mol. The summed E-state index contributed by atoms with van der Waals surface area (Å²) in [6.45, 7) is 10.2. The van der Waals surface area contributed by atoms with Gasteiger partial charge in [0.05, 0.1) is 36.0 Å². The van der Waals surface area contributed by atoms with Crippen LogP contribution in [0.3, 0.4) is 0 Å². The Hall–Kier alpha value is -9.94. The van der Waals surface area contributed by atoms with Gasteiger partial charge in [-0.25, -0.2) is 14.4 Å². The maximum absolute atomic E-state index is 14.8. The molecule has 0 radical (unpaired) electrons. The van der Waals surface area contributed by atoms with E-state index in [0.29, 0.717) is 87.3 Å². The standard InChI is InChI=1S/2C29H38N2O3.C28H34N4O3.C27H34FN3O3/c2*32-29(33)28(26-11-5-4-10-25(26)21-13-14-21)31-18-17-24(20-31)34-19-7-1-2-9-23-16-15-22-8-3-6-12-27(22)30-23;29-17-21-5-3-8-24(25(21)19-9-10-19)26(28(33)34)32-15-13-23(18-32)35-16-2-1-7-22-12-11-20-6-4-14-30-27(20)31-22;28-23-8-3-7-22(18-9-10-18)24(23)25(27(32)33)31-15-13-21(17-31)34-16-2-1-6-20-12-11-19-5-4-14-29-26(19)30-20/h2*4-5,10-11,15-16,21,24,28H,1-3,6-9,12-14,17-20H2,(H,32,33);3,5,8,11-12,19,23,26H,1-2,4,6-7,9-10,13-16,18H2,(H,30,31)(H,33,34);3,7-8,11-12,18,21,25H,1-2,4-6,9-10,13-17H2,(H,29,30)(H,32,33)/t24-,28+;24-,28-;23-,26?;21-,25-/m1111/s1. The Labute approximate surface area is 809 Å². The molecule has 0 spiro atoms. The summed E-state index contributed by atoms with van der Waals surface area (Å²) in [5.74, 6) is 0.0530. The predicted molar refractivity (Wildman–Crippen MR) is 528 cm³/mol. The molecule has 6 aliphatic heterocycles. The summed E-state index contributed by atoms with van der Waals surface area (Å²) in [4.78, 5) is 76.4. The van der Waals surface area contributed by atoms with Crippen molar-refractivity contribution < 1.29 is 62.9 Å². The SMILES string of the molecule is N#Cc1cccc(C(C(=O)O)N2CC[C@@H](OCCCCc3ccc4c(n3)NCCC4)C2)c1C1CC1.O=C(O)[C@@H](c1c(F)cccc1C1CC1)N1CC[C@@H](OCCCCc2ccc3c(n2)NCCC3)C1.O=C(O)[C@@H](c1ccccc1C1CC1)N1CC[C@@H](OCCCCCc2ccc3c(n2)CCCC3)C1.O=C(O)[C@H](c1ccccc1C1CC1)N1CC[C@@H](OCCCCCc2ccc3c(n2)CCCC3)C1. The molecule has 20 rings (SSSR count). The molecule has 6 N–H and O–H groups in total. The molecule has 1 unspecified atom stereocenters. The highest BCUT2D eigenvalue weighted by Crippen LogP contribution is 2.50. The van der Waals surface area contributed by atoms with Crippen LogP contribution in [0.5, 0.6) is 0 Å². The number of unbranched alkanes of at least 4 members (excludes halogenated alkanes) is 6. The molecular formula is C113H144FN11O12. The van der Waals surface area contributed by atoms with Crippen LogP contribution < -0.4 is 10.6 Å². The van der Waals surface area contributed by atoms with Crippen molar-refractivity contribution in [2.24, 2.45) is 0 Å². The molecule has 23 nitrogen and oxygen atoms in total. The van der Waals surface area contributed by atoms with Gasteiger partial charge in [-0.2, -0.15) is 5.26 Å². The number of nitrogens with one attached hydrogen (secondary N) is 2. The molecule has 730 valence electrons. The van der Waals surface area contributed by atoms with Crippen molar-refractivity contribution in [2.45, 2.75) is 316 Å². The summed E-state index contributed by atoms with van der Waals surface area (Å²) in [7, 11) is 0. The second-order valence-electron chi connectivity index (χ2n) is 40.5. The van der Waals surface area contributed by atoms with Crippen LogP contribution in [0.2, 0.25) is 0 Å². The van der Waals surface area contributed by atoms with Crippen LogP contribution in [0.15, 0.2) is 133 Å². The van der Waals surface area contributed by atoms with Crippen molar-refractivity contribution in [3.05, 3.63) is 246 Å². The number of carbonyl (C=O) groups is 4. The first-order valence-electron chi connectivity index (χ1n) is 52.3. The molecule has 137 heavy (non-hydrogen) atoms. The van der Waals surface area contributed by atoms with Gasteiger partial charge in [-0.3, -0.25) is 48.7 Å². The molecule has 6 aliphatic carbocycles. The average Bonchev–Trinajstić information content (AvgIpc) is 1.65. The highest BCUT2D eigenvalue weighted by atomic mass is 19.1. The molecule has 0 bridgehead atoms. The van der Waals surface area contributed by atoms with Crippen LogP contribution in [0, 0.1) is 17.1 Å². The first-order chi connectivity index (χ1) is 67.1. The van der Waals surface area contributed by atoms with Crippen molar-refractivity contribution in [2.75, 3.05) is 103 Å². The molecule has 4 saturated heterocycles. The highest BCUT2D eigenvalue weighted by molar-refractivity contribution is 5.79. The minimum atomic E-state index is -0.986. The molecule has 8 atom stereocenters. The summed E-state index contributed by atoms with van der Waals surface area (Å²) in [5.41, 5.74) is 20.9. The molecule has 8 fully saturated rings. The van der Waals surface area contributed by atoms with E-state index in [2.05, 4.69) is 87.2 Å². The number of anilines is 2. The number of halogens is 1. The van der Waals surface area contributed by atoms with Gasteiger partial charge < -0.3 is 50.0 Å². The van der Waals surface area contributed by atoms with Crippen LogP contribution in [0.25, 0.3) is 0 Å². The van der Waals surface area contributed by atoms with Gasteiger partial charge in [-0.1, -0.05) is 110 Å². The smallest absolute Gasteiger partial charge is 0.325 e. The fourth-order valence-electron chi connectivity index (χ4n) is 22.3. The summed E-state index contributed by atoms with van der Waals surface area (Å²) in [5, 5.41) is 56.6. The van der Waals surface area contributed by atoms with Gasteiger partial charge in [0.25, 0.3) is 0 Å². The first-order valence-corrected chi connectivity index (χ1v) is 52.3. The lowest BCUT2D eigenvalue weighted by atomic mass is 9.92. The van der Waals surface area contributed by atoms with Crippen LogP contribution >= 0.6 is 0 Å². The first kappa shape index (κ1) is 98.7. The number of carboxylic acids is 4. The van der Waals surface area contributed by atoms with Crippen LogP contribution in [0.4, 0.5) is 16.0 Å². The maximum Gasteiger partial charge on any atom is 0.325 e. The number of carboxylic acid groups (broad SMARTS) is 4. The van der Waals surface area contributed by atoms with E-state index >= 15 is 0 Å². The fourth-order valence-corrected chi connectivity index (χ4v) is 22.3. The van der Waals surface area contributed by atoms with E-state index < -0.39 is 53.9 Å². The van der Waals surface area contributed by atoms with E-state index in [1.54, 1.807) is 6.07 Å². The Balaban J connectivity index is 0.000000127. The molecule has 8 aromatic rings. The predicted octanol–water partition coefficient (Wildman–Crippen LogP) is 20.1. The van der Waals surface area contributed by atoms with E-state index in [9.17, 15) is 49.3 Å². The van der Waals surface area contributed by atoms with Gasteiger partial charge in [0, 0.05) is 132 Å². The van der Waals surface area contributed by atoms with Gasteiger partial charge in [-0.05, 0) is 352 Å². The third-order valence-electron chi connectivity index (χ3n) is 30.2. The monoisotopic (exact) mass is 1870 g/mol. The fraction of sp³-hybridized carbons (Fsp3) is 0.566. The minimum Gasteiger partial charge on any atom is -0.480 e. The molecule has 4 aromatic heterocycles. The summed E-state index contributed by atoms with van der Waals surface area (Å²) >= 11 is 0. The number of pyridine rings is 4. The molecule has 4 aromatic carbocycles. The molecule has 0 amide bonds. The Kier molecular flexibility index (Phi) is 35.1. The topological polar surface area (TPSA) is 298 Å². The number of aromatic nitrogens is 4. The number of aliphatic carboxylic acids is 4. The van der Waals surface area contributed by atoms with E-state index in [0.717, 1.165) is 257 Å². The Bertz CT molecular complexity index is 5260. The summed E-state index contributed by atoms with van der Waals surface area (Å²) in [6, 6.07) is 43.9. The van der Waals surface area contributed by atoms with Gasteiger partial charge in [-0.15, -0.1) is 0 Å². The van der Waals surface area contributed by atoms with Crippen LogP contribution in [-0.2, 0) is 102 Å². The van der Waals surface area contributed by atoms with Crippen molar-refractivity contribution in [1.82, 2.24) is 39.5 Å². The van der Waals surface area contributed by atoms with Gasteiger partial charge >= 0.3 is 23.9 Å². The molecule has 4 saturated carbocycles. The number of aryl methyl sites for hydroxylation is 10. The van der Waals surface area contributed by atoms with Crippen molar-refractivity contribution in [3.8, 4) is 6.07 Å². The summed E-state index contributed by atoms with van der Waals surface area (Å²) in [6.07, 6.45) is 41.4. The van der Waals surface area contributed by atoms with Crippen molar-refractivity contribution in [3.63, 3.8) is 0 Å². The zero-order valence-corrected chi connectivity index (χ0v) is 80.4. The number of rotatable bonds is 42. The van der Waals surface area contributed by atoms with Gasteiger partial charge in [0.15, 0.2) is 0 Å². The zero-order chi connectivity index (χ0) is 94.4. The molecule has 12 aliphatic rings. The number of likely N-dealkylation sites (tertiary alicyclic amines) is 4. The van der Waals surface area contributed by atoms with E-state index in [1.165, 1.54) is 139 Å². The lowest BCUT2D eigenvalue weighted by Gasteiger charge is -2.27. The van der Waals surface area contributed by atoms with Gasteiger partial charge in [0.2, 0.25) is 0 Å². The third kappa shape index (κ3) is 27.0. The second kappa shape index (κ2) is 48.8. The van der Waals surface area contributed by atoms with Gasteiger partial charge in [0.1, 0.15) is 41.6 Å².